The number of thiazole rings is 1. The van der Waals surface area contributed by atoms with Crippen LogP contribution in [0.1, 0.15) is 5.56 Å². The largest absolute Gasteiger partial charge is 0.416 e. The van der Waals surface area contributed by atoms with E-state index in [0.717, 1.165) is 11.2 Å². The number of hydrogen-bond acceptors (Lipinski definition) is 6. The van der Waals surface area contributed by atoms with Crippen molar-refractivity contribution < 1.29 is 18.1 Å². The van der Waals surface area contributed by atoms with E-state index in [0.29, 0.717) is 32.2 Å². The molecule has 0 N–H and O–H groups in total. The highest BCUT2D eigenvalue weighted by Gasteiger charge is 2.34. The van der Waals surface area contributed by atoms with E-state index in [-0.39, 0.29) is 5.69 Å². The zero-order chi connectivity index (χ0) is 17.3. The zero-order valence-electron chi connectivity index (χ0n) is 12.4. The molecule has 1 saturated heterocycles. The van der Waals surface area contributed by atoms with Gasteiger partial charge in [-0.25, -0.2) is 4.98 Å². The maximum absolute atomic E-state index is 12.8. The molecule has 0 saturated carbocycles. The number of rotatable bonds is 3. The molecule has 0 unspecified atom stereocenters. The average Bonchev–Trinajstić information content (AvgIpc) is 3.08. The van der Waals surface area contributed by atoms with Crippen LogP contribution in [0, 0.1) is 10.1 Å². The highest BCUT2D eigenvalue weighted by molar-refractivity contribution is 7.13. The number of halogens is 3. The van der Waals surface area contributed by atoms with Gasteiger partial charge in [-0.3, -0.25) is 10.1 Å². The second-order valence-electron chi connectivity index (χ2n) is 5.25. The third-order valence-electron chi connectivity index (χ3n) is 3.81. The van der Waals surface area contributed by atoms with Crippen molar-refractivity contribution in [3.8, 4) is 0 Å². The summed E-state index contributed by atoms with van der Waals surface area (Å²) in [6, 6.07) is 2.66. The molecular formula is C14H13F3N4O2S. The lowest BCUT2D eigenvalue weighted by Crippen LogP contribution is -2.46. The van der Waals surface area contributed by atoms with Crippen LogP contribution in [-0.2, 0) is 6.18 Å². The van der Waals surface area contributed by atoms with Crippen molar-refractivity contribution in [1.29, 1.82) is 0 Å². The minimum absolute atomic E-state index is 0.215. The van der Waals surface area contributed by atoms with Gasteiger partial charge >= 0.3 is 6.18 Å². The van der Waals surface area contributed by atoms with Crippen molar-refractivity contribution in [2.24, 2.45) is 0 Å². The first-order valence-corrected chi connectivity index (χ1v) is 7.99. The Bertz CT molecular complexity index is 728. The number of nitro benzene ring substituents is 1. The molecule has 0 atom stereocenters. The van der Waals surface area contributed by atoms with Gasteiger partial charge in [0.15, 0.2) is 5.13 Å². The SMILES string of the molecule is O=[N+]([O-])c1cc(C(F)(F)F)ccc1N1CCN(c2nccs2)CC1. The monoisotopic (exact) mass is 358 g/mol. The standard InChI is InChI=1S/C14H13F3N4O2S/c15-14(16,17)10-1-2-11(12(9-10)21(22)23)19-4-6-20(7-5-19)13-18-3-8-24-13/h1-3,8-9H,4-7H2. The van der Waals surface area contributed by atoms with Gasteiger partial charge in [-0.1, -0.05) is 0 Å². The molecule has 2 aromatic rings. The van der Waals surface area contributed by atoms with E-state index >= 15 is 0 Å². The van der Waals surface area contributed by atoms with Crippen LogP contribution < -0.4 is 9.80 Å². The first kappa shape index (κ1) is 16.5. The van der Waals surface area contributed by atoms with Gasteiger partial charge in [-0.05, 0) is 12.1 Å². The van der Waals surface area contributed by atoms with Crippen LogP contribution >= 0.6 is 11.3 Å². The fourth-order valence-electron chi connectivity index (χ4n) is 2.62. The maximum atomic E-state index is 12.8. The van der Waals surface area contributed by atoms with E-state index in [9.17, 15) is 23.3 Å². The summed E-state index contributed by atoms with van der Waals surface area (Å²) in [6.45, 7) is 2.16. The molecule has 1 fully saturated rings. The van der Waals surface area contributed by atoms with Gasteiger partial charge in [0.05, 0.1) is 10.5 Å². The van der Waals surface area contributed by atoms with Crippen LogP contribution in [0.15, 0.2) is 29.8 Å². The molecule has 0 bridgehead atoms. The number of hydrogen-bond donors (Lipinski definition) is 0. The van der Waals surface area contributed by atoms with Gasteiger partial charge < -0.3 is 9.80 Å². The maximum Gasteiger partial charge on any atom is 0.416 e. The molecule has 0 spiro atoms. The Morgan fingerprint density at radius 1 is 1.17 bits per heavy atom. The zero-order valence-corrected chi connectivity index (χ0v) is 13.2. The predicted molar refractivity (Wildman–Crippen MR) is 84.6 cm³/mol. The van der Waals surface area contributed by atoms with Gasteiger partial charge in [0.2, 0.25) is 0 Å². The van der Waals surface area contributed by atoms with Crippen LogP contribution in [0.2, 0.25) is 0 Å². The summed E-state index contributed by atoms with van der Waals surface area (Å²) >= 11 is 1.50. The number of benzene rings is 1. The van der Waals surface area contributed by atoms with E-state index < -0.39 is 22.4 Å². The smallest absolute Gasteiger partial charge is 0.362 e. The Kier molecular flexibility index (Phi) is 4.31. The summed E-state index contributed by atoms with van der Waals surface area (Å²) in [6.07, 6.45) is -2.90. The molecule has 1 aromatic heterocycles. The summed E-state index contributed by atoms with van der Waals surface area (Å²) < 4.78 is 38.3. The first-order valence-electron chi connectivity index (χ1n) is 7.11. The van der Waals surface area contributed by atoms with Crippen molar-refractivity contribution in [1.82, 2.24) is 4.98 Å². The van der Waals surface area contributed by atoms with Gasteiger partial charge in [0.25, 0.3) is 5.69 Å². The summed E-state index contributed by atoms with van der Waals surface area (Å²) in [4.78, 5) is 18.4. The number of piperazine rings is 1. The van der Waals surface area contributed by atoms with Crippen molar-refractivity contribution in [2.45, 2.75) is 6.18 Å². The number of aromatic nitrogens is 1. The summed E-state index contributed by atoms with van der Waals surface area (Å²) in [5, 5.41) is 13.9. The normalized spacial score (nSPS) is 15.6. The van der Waals surface area contributed by atoms with Crippen molar-refractivity contribution in [2.75, 3.05) is 36.0 Å². The average molecular weight is 358 g/mol. The summed E-state index contributed by atoms with van der Waals surface area (Å²) in [5.74, 6) is 0. The van der Waals surface area contributed by atoms with E-state index in [1.807, 2.05) is 5.38 Å². The Balaban J connectivity index is 1.81. The van der Waals surface area contributed by atoms with Crippen LogP contribution in [0.25, 0.3) is 0 Å². The lowest BCUT2D eigenvalue weighted by molar-refractivity contribution is -0.384. The molecule has 0 aliphatic carbocycles. The third kappa shape index (κ3) is 3.28. The van der Waals surface area contributed by atoms with Gasteiger partial charge in [0.1, 0.15) is 5.69 Å². The van der Waals surface area contributed by atoms with Crippen molar-refractivity contribution in [3.63, 3.8) is 0 Å². The Morgan fingerprint density at radius 3 is 2.38 bits per heavy atom. The quantitative estimate of drug-likeness (QED) is 0.622. The predicted octanol–water partition coefficient (Wildman–Crippen LogP) is 3.40. The molecule has 2 heterocycles. The van der Waals surface area contributed by atoms with Crippen LogP contribution in [0.5, 0.6) is 0 Å². The lowest BCUT2D eigenvalue weighted by atomic mass is 10.1. The topological polar surface area (TPSA) is 62.5 Å². The molecule has 1 aliphatic heterocycles. The Labute approximate surface area is 139 Å². The van der Waals surface area contributed by atoms with E-state index in [2.05, 4.69) is 9.88 Å². The fraction of sp³-hybridized carbons (Fsp3) is 0.357. The van der Waals surface area contributed by atoms with E-state index in [1.165, 1.54) is 17.4 Å². The molecule has 24 heavy (non-hydrogen) atoms. The first-order chi connectivity index (χ1) is 11.4. The van der Waals surface area contributed by atoms with Gasteiger partial charge in [-0.15, -0.1) is 11.3 Å². The number of nitrogens with zero attached hydrogens (tertiary/aromatic N) is 4. The highest BCUT2D eigenvalue weighted by atomic mass is 32.1. The van der Waals surface area contributed by atoms with Gasteiger partial charge in [-0.2, -0.15) is 13.2 Å². The van der Waals surface area contributed by atoms with Crippen molar-refractivity contribution in [3.05, 3.63) is 45.5 Å². The van der Waals surface area contributed by atoms with Crippen LogP contribution in [-0.4, -0.2) is 36.1 Å². The minimum Gasteiger partial charge on any atom is -0.362 e. The molecule has 1 aliphatic rings. The van der Waals surface area contributed by atoms with Crippen molar-refractivity contribution >= 4 is 27.8 Å². The summed E-state index contributed by atoms with van der Waals surface area (Å²) in [5.41, 5.74) is -1.32. The number of alkyl halides is 3. The van der Waals surface area contributed by atoms with Crippen LogP contribution in [0.3, 0.4) is 0 Å². The summed E-state index contributed by atoms with van der Waals surface area (Å²) in [7, 11) is 0. The Morgan fingerprint density at radius 2 is 1.83 bits per heavy atom. The van der Waals surface area contributed by atoms with E-state index in [4.69, 9.17) is 0 Å². The molecule has 3 rings (SSSR count). The highest BCUT2D eigenvalue weighted by Crippen LogP contribution is 2.37. The van der Waals surface area contributed by atoms with Gasteiger partial charge in [0, 0.05) is 43.8 Å². The number of anilines is 2. The molecular weight excluding hydrogens is 345 g/mol. The second kappa shape index (κ2) is 6.27. The van der Waals surface area contributed by atoms with E-state index in [1.54, 1.807) is 11.1 Å². The second-order valence-corrected chi connectivity index (χ2v) is 6.12. The minimum atomic E-state index is -4.60. The molecule has 10 heteroatoms. The fourth-order valence-corrected chi connectivity index (χ4v) is 3.32. The lowest BCUT2D eigenvalue weighted by Gasteiger charge is -2.35. The molecule has 128 valence electrons. The molecule has 6 nitrogen and oxygen atoms in total. The number of nitro groups is 1. The molecule has 0 radical (unpaired) electrons. The molecule has 1 aromatic carbocycles. The molecule has 0 amide bonds. The van der Waals surface area contributed by atoms with Crippen LogP contribution in [0.4, 0.5) is 29.7 Å². The Hall–Kier alpha value is -2.36. The third-order valence-corrected chi connectivity index (χ3v) is 4.64.